The van der Waals surface area contributed by atoms with Gasteiger partial charge in [-0.15, -0.1) is 0 Å². The van der Waals surface area contributed by atoms with E-state index in [0.29, 0.717) is 19.3 Å². The predicted molar refractivity (Wildman–Crippen MR) is 164 cm³/mol. The SMILES string of the molecule is CCCCCCCCCCCCCC(O)C(=O)NC(COC1OC(CO)C(O)C(O)C1O)C(O)C(O)CCCCCCC. The van der Waals surface area contributed by atoms with Crippen molar-refractivity contribution in [1.29, 1.82) is 0 Å². The fourth-order valence-corrected chi connectivity index (χ4v) is 5.44. The number of rotatable bonds is 26. The summed E-state index contributed by atoms with van der Waals surface area (Å²) in [5.41, 5.74) is 0. The summed E-state index contributed by atoms with van der Waals surface area (Å²) in [6.45, 7) is 3.27. The van der Waals surface area contributed by atoms with Crippen molar-refractivity contribution in [3.05, 3.63) is 0 Å². The Balaban J connectivity index is 2.60. The van der Waals surface area contributed by atoms with Crippen LogP contribution in [0.2, 0.25) is 0 Å². The third kappa shape index (κ3) is 16.3. The van der Waals surface area contributed by atoms with Crippen LogP contribution >= 0.6 is 0 Å². The van der Waals surface area contributed by atoms with Gasteiger partial charge in [0.05, 0.1) is 25.4 Å². The molecule has 0 bridgehead atoms. The maximum Gasteiger partial charge on any atom is 0.249 e. The molecule has 0 aromatic carbocycles. The van der Waals surface area contributed by atoms with Crippen molar-refractivity contribution < 1.29 is 50.0 Å². The Morgan fingerprint density at radius 2 is 1.21 bits per heavy atom. The van der Waals surface area contributed by atoms with E-state index in [-0.39, 0.29) is 6.42 Å². The largest absolute Gasteiger partial charge is 0.394 e. The molecule has 0 aromatic rings. The van der Waals surface area contributed by atoms with E-state index in [0.717, 1.165) is 44.9 Å². The molecule has 0 spiro atoms. The summed E-state index contributed by atoms with van der Waals surface area (Å²) in [6.07, 6.45) is 6.59. The number of carbonyl (C=O) groups is 1. The molecule has 9 atom stereocenters. The Morgan fingerprint density at radius 3 is 1.72 bits per heavy atom. The maximum atomic E-state index is 12.8. The first-order chi connectivity index (χ1) is 20.7. The minimum atomic E-state index is -1.65. The van der Waals surface area contributed by atoms with Crippen LogP contribution in [-0.4, -0.2) is 110 Å². The molecule has 1 fully saturated rings. The van der Waals surface area contributed by atoms with Crippen LogP contribution in [0.5, 0.6) is 0 Å². The van der Waals surface area contributed by atoms with Crippen molar-refractivity contribution in [1.82, 2.24) is 5.32 Å². The van der Waals surface area contributed by atoms with Crippen LogP contribution < -0.4 is 5.32 Å². The Morgan fingerprint density at radius 1 is 0.721 bits per heavy atom. The zero-order valence-electron chi connectivity index (χ0n) is 26.7. The first-order valence-corrected chi connectivity index (χ1v) is 16.9. The highest BCUT2D eigenvalue weighted by Crippen LogP contribution is 2.23. The lowest BCUT2D eigenvalue weighted by atomic mass is 9.98. The van der Waals surface area contributed by atoms with Crippen LogP contribution in [0.15, 0.2) is 0 Å². The van der Waals surface area contributed by atoms with E-state index in [9.17, 15) is 40.5 Å². The minimum Gasteiger partial charge on any atom is -0.394 e. The lowest BCUT2D eigenvalue weighted by Crippen LogP contribution is -2.60. The first kappa shape index (κ1) is 40.1. The van der Waals surface area contributed by atoms with Crippen LogP contribution in [0.1, 0.15) is 129 Å². The van der Waals surface area contributed by atoms with E-state index in [1.165, 1.54) is 44.9 Å². The van der Waals surface area contributed by atoms with Gasteiger partial charge in [0.25, 0.3) is 0 Å². The Labute approximate surface area is 259 Å². The lowest BCUT2D eigenvalue weighted by Gasteiger charge is -2.40. The number of amides is 1. The monoisotopic (exact) mass is 621 g/mol. The van der Waals surface area contributed by atoms with Gasteiger partial charge < -0.3 is 50.5 Å². The van der Waals surface area contributed by atoms with E-state index in [2.05, 4.69) is 19.2 Å². The summed E-state index contributed by atoms with van der Waals surface area (Å²) in [6, 6.07) is -1.16. The second kappa shape index (κ2) is 24.4. The fraction of sp³-hybridized carbons (Fsp3) is 0.969. The fourth-order valence-electron chi connectivity index (χ4n) is 5.44. The molecule has 0 aromatic heterocycles. The molecule has 0 aliphatic carbocycles. The molecule has 11 heteroatoms. The normalized spacial score (nSPS) is 25.3. The molecule has 1 aliphatic rings. The summed E-state index contributed by atoms with van der Waals surface area (Å²) in [7, 11) is 0. The van der Waals surface area contributed by atoms with Gasteiger partial charge in [0.1, 0.15) is 36.6 Å². The molecule has 0 saturated carbocycles. The highest BCUT2D eigenvalue weighted by atomic mass is 16.7. The van der Waals surface area contributed by atoms with Crippen molar-refractivity contribution >= 4 is 5.91 Å². The number of aliphatic hydroxyl groups is 7. The second-order valence-electron chi connectivity index (χ2n) is 12.2. The quantitative estimate of drug-likeness (QED) is 0.0666. The van der Waals surface area contributed by atoms with Crippen molar-refractivity contribution in [2.45, 2.75) is 184 Å². The molecule has 11 nitrogen and oxygen atoms in total. The number of aliphatic hydroxyl groups excluding tert-OH is 7. The summed E-state index contributed by atoms with van der Waals surface area (Å²) in [5.74, 6) is -0.705. The van der Waals surface area contributed by atoms with Crippen LogP contribution in [-0.2, 0) is 14.3 Å². The van der Waals surface area contributed by atoms with Gasteiger partial charge in [0.15, 0.2) is 6.29 Å². The highest BCUT2D eigenvalue weighted by molar-refractivity contribution is 5.80. The Kier molecular flexibility index (Phi) is 22.7. The molecular weight excluding hydrogens is 558 g/mol. The third-order valence-corrected chi connectivity index (χ3v) is 8.41. The van der Waals surface area contributed by atoms with E-state index >= 15 is 0 Å². The van der Waals surface area contributed by atoms with E-state index < -0.39 is 74.2 Å². The van der Waals surface area contributed by atoms with Crippen molar-refractivity contribution in [2.75, 3.05) is 13.2 Å². The summed E-state index contributed by atoms with van der Waals surface area (Å²) >= 11 is 0. The van der Waals surface area contributed by atoms with Crippen LogP contribution in [0, 0.1) is 0 Å². The zero-order chi connectivity index (χ0) is 32.0. The number of carbonyl (C=O) groups excluding carboxylic acids is 1. The molecule has 1 amide bonds. The van der Waals surface area contributed by atoms with Crippen molar-refractivity contribution in [3.8, 4) is 0 Å². The molecule has 43 heavy (non-hydrogen) atoms. The standard InChI is InChI=1S/C32H63NO10/c1-3-5-7-9-10-11-12-13-14-16-18-20-25(36)31(41)33-23(27(37)24(35)19-17-15-8-6-4-2)22-42-32-30(40)29(39)28(38)26(21-34)43-32/h23-30,32,34-40H,3-22H2,1-2H3,(H,33,41). The number of hydrogen-bond donors (Lipinski definition) is 8. The van der Waals surface area contributed by atoms with Crippen LogP contribution in [0.25, 0.3) is 0 Å². The van der Waals surface area contributed by atoms with Crippen LogP contribution in [0.4, 0.5) is 0 Å². The van der Waals surface area contributed by atoms with Gasteiger partial charge in [-0.25, -0.2) is 0 Å². The predicted octanol–water partition coefficient (Wildman–Crippen LogP) is 2.43. The third-order valence-electron chi connectivity index (χ3n) is 8.41. The molecule has 256 valence electrons. The molecular formula is C32H63NO10. The summed E-state index contributed by atoms with van der Waals surface area (Å²) in [4.78, 5) is 12.8. The van der Waals surface area contributed by atoms with E-state index in [4.69, 9.17) is 9.47 Å². The lowest BCUT2D eigenvalue weighted by molar-refractivity contribution is -0.303. The molecule has 8 N–H and O–H groups in total. The molecule has 1 saturated heterocycles. The van der Waals surface area contributed by atoms with Crippen molar-refractivity contribution in [2.24, 2.45) is 0 Å². The van der Waals surface area contributed by atoms with Crippen molar-refractivity contribution in [3.63, 3.8) is 0 Å². The summed E-state index contributed by atoms with van der Waals surface area (Å²) in [5, 5.41) is 74.4. The summed E-state index contributed by atoms with van der Waals surface area (Å²) < 4.78 is 10.9. The average molecular weight is 622 g/mol. The zero-order valence-corrected chi connectivity index (χ0v) is 26.7. The number of unbranched alkanes of at least 4 members (excludes halogenated alkanes) is 14. The van der Waals surface area contributed by atoms with Gasteiger partial charge in [-0.05, 0) is 12.8 Å². The van der Waals surface area contributed by atoms with E-state index in [1.807, 2.05) is 0 Å². The average Bonchev–Trinajstić information content (AvgIpc) is 3.00. The molecule has 9 unspecified atom stereocenters. The van der Waals surface area contributed by atoms with Gasteiger partial charge in [0.2, 0.25) is 5.91 Å². The van der Waals surface area contributed by atoms with E-state index in [1.54, 1.807) is 0 Å². The van der Waals surface area contributed by atoms with Gasteiger partial charge >= 0.3 is 0 Å². The first-order valence-electron chi connectivity index (χ1n) is 16.9. The second-order valence-corrected chi connectivity index (χ2v) is 12.2. The van der Waals surface area contributed by atoms with Gasteiger partial charge in [0, 0.05) is 0 Å². The Bertz CT molecular complexity index is 685. The van der Waals surface area contributed by atoms with Gasteiger partial charge in [-0.1, -0.05) is 117 Å². The number of nitrogens with one attached hydrogen (secondary N) is 1. The minimum absolute atomic E-state index is 0.263. The molecule has 0 radical (unpaired) electrons. The molecule has 1 heterocycles. The Hall–Kier alpha value is -0.890. The van der Waals surface area contributed by atoms with Crippen LogP contribution in [0.3, 0.4) is 0 Å². The molecule has 1 aliphatic heterocycles. The highest BCUT2D eigenvalue weighted by Gasteiger charge is 2.44. The number of ether oxygens (including phenoxy) is 2. The van der Waals surface area contributed by atoms with Gasteiger partial charge in [-0.3, -0.25) is 4.79 Å². The number of hydrogen-bond acceptors (Lipinski definition) is 10. The van der Waals surface area contributed by atoms with Gasteiger partial charge in [-0.2, -0.15) is 0 Å². The maximum absolute atomic E-state index is 12.8. The smallest absolute Gasteiger partial charge is 0.249 e. The topological polar surface area (TPSA) is 189 Å². The molecule has 1 rings (SSSR count).